The van der Waals surface area contributed by atoms with E-state index in [9.17, 15) is 0 Å². The van der Waals surface area contributed by atoms with E-state index in [1.165, 1.54) is 70.6 Å². The van der Waals surface area contributed by atoms with Gasteiger partial charge in [-0.2, -0.15) is 0 Å². The van der Waals surface area contributed by atoms with Crippen LogP contribution in [0.15, 0.2) is 0 Å². The molecule has 1 spiro atoms. The zero-order chi connectivity index (χ0) is 26.7. The van der Waals surface area contributed by atoms with E-state index in [-0.39, 0.29) is 12.2 Å². The highest BCUT2D eigenvalue weighted by Crippen LogP contribution is 2.71. The summed E-state index contributed by atoms with van der Waals surface area (Å²) in [5.74, 6) is 6.23. The van der Waals surface area contributed by atoms with Crippen molar-refractivity contribution in [3.05, 3.63) is 0 Å². The Labute approximate surface area is 223 Å². The van der Waals surface area contributed by atoms with E-state index in [2.05, 4.69) is 33.0 Å². The fourth-order valence-corrected chi connectivity index (χ4v) is 10.5. The van der Waals surface area contributed by atoms with Gasteiger partial charge in [0.2, 0.25) is 0 Å². The molecule has 4 nitrogen and oxygen atoms in total. The normalized spacial score (nSPS) is 50.3. The van der Waals surface area contributed by atoms with Crippen LogP contribution in [0.4, 0.5) is 0 Å². The van der Waals surface area contributed by atoms with Gasteiger partial charge in [-0.15, -0.1) is 0 Å². The van der Waals surface area contributed by atoms with Gasteiger partial charge in [-0.05, 0) is 104 Å². The van der Waals surface area contributed by atoms with Gasteiger partial charge >= 0.3 is 0 Å². The van der Waals surface area contributed by atoms with Gasteiger partial charge in [0, 0.05) is 12.5 Å². The van der Waals surface area contributed by atoms with Crippen LogP contribution in [-0.2, 0) is 9.53 Å². The lowest BCUT2D eigenvalue weighted by Crippen LogP contribution is -2.57. The smallest absolute Gasteiger partial charge is 0.290 e. The van der Waals surface area contributed by atoms with Gasteiger partial charge in [-0.3, -0.25) is 10.1 Å². The van der Waals surface area contributed by atoms with Crippen LogP contribution in [0.25, 0.3) is 0 Å². The third-order valence-corrected chi connectivity index (χ3v) is 12.1. The van der Waals surface area contributed by atoms with Gasteiger partial charge in [0.25, 0.3) is 6.47 Å². The van der Waals surface area contributed by atoms with Crippen LogP contribution in [0.3, 0.4) is 0 Å². The predicted molar refractivity (Wildman–Crippen MR) is 150 cm³/mol. The molecule has 0 aromatic rings. The van der Waals surface area contributed by atoms with Crippen molar-refractivity contribution in [2.45, 2.75) is 138 Å². The highest BCUT2D eigenvalue weighted by molar-refractivity contribution is 5.32. The molecule has 2 saturated heterocycles. The Balaban J connectivity index is 0.000000473. The summed E-state index contributed by atoms with van der Waals surface area (Å²) in [6.45, 7) is 19.3. The molecule has 4 heteroatoms. The van der Waals surface area contributed by atoms with Crippen molar-refractivity contribution in [2.24, 2.45) is 52.3 Å². The van der Waals surface area contributed by atoms with Crippen LogP contribution >= 0.6 is 0 Å². The van der Waals surface area contributed by atoms with Crippen molar-refractivity contribution in [1.82, 2.24) is 5.32 Å². The first-order valence-corrected chi connectivity index (χ1v) is 15.8. The monoisotopic (exact) mass is 505 g/mol. The Hall–Kier alpha value is -0.610. The molecular weight excluding hydrogens is 446 g/mol. The number of hydrogen-bond donors (Lipinski definition) is 2. The SMILES string of the molecule is CC.CC.C[C@H]1CC[C@]2(NC1)O[C@H]1CC3[C@@H]4CCC5CCCC[C@]5(C)C4CC[C@]3(C)C1[C@@H]2C.O=CO. The Morgan fingerprint density at radius 2 is 1.56 bits per heavy atom. The molecule has 0 radical (unpaired) electrons. The maximum atomic E-state index is 8.36. The molecular formula is C32H59NO3. The maximum absolute atomic E-state index is 8.36. The topological polar surface area (TPSA) is 58.6 Å². The molecule has 0 aromatic carbocycles. The number of nitrogens with one attached hydrogen (secondary N) is 1. The predicted octanol–water partition coefficient (Wildman–Crippen LogP) is 8.15. The van der Waals surface area contributed by atoms with Crippen LogP contribution in [0.5, 0.6) is 0 Å². The molecule has 11 atom stereocenters. The van der Waals surface area contributed by atoms with Crippen molar-refractivity contribution >= 4 is 6.47 Å². The maximum Gasteiger partial charge on any atom is 0.290 e. The van der Waals surface area contributed by atoms with Crippen LogP contribution in [-0.4, -0.2) is 30.0 Å². The Kier molecular flexibility index (Phi) is 10.0. The minimum Gasteiger partial charge on any atom is -0.483 e. The van der Waals surface area contributed by atoms with Gasteiger partial charge < -0.3 is 9.84 Å². The van der Waals surface area contributed by atoms with E-state index >= 15 is 0 Å². The quantitative estimate of drug-likeness (QED) is 0.326. The number of piperidine rings is 1. The number of carboxylic acid groups (broad SMARTS) is 1. The second-order valence-electron chi connectivity index (χ2n) is 13.2. The first-order chi connectivity index (χ1) is 17.3. The average molecular weight is 506 g/mol. The largest absolute Gasteiger partial charge is 0.483 e. The van der Waals surface area contributed by atoms with Crippen LogP contribution in [0.1, 0.15) is 126 Å². The average Bonchev–Trinajstić information content (AvgIpc) is 3.34. The van der Waals surface area contributed by atoms with Crippen molar-refractivity contribution in [3.63, 3.8) is 0 Å². The molecule has 4 saturated carbocycles. The van der Waals surface area contributed by atoms with E-state index in [1.54, 1.807) is 0 Å². The molecule has 6 fully saturated rings. The Bertz CT molecular complexity index is 704. The summed E-state index contributed by atoms with van der Waals surface area (Å²) in [5.41, 5.74) is 1.19. The van der Waals surface area contributed by atoms with E-state index in [0.717, 1.165) is 42.1 Å². The molecule has 36 heavy (non-hydrogen) atoms. The van der Waals surface area contributed by atoms with E-state index in [0.29, 0.717) is 22.9 Å². The van der Waals surface area contributed by atoms with Gasteiger partial charge in [0.1, 0.15) is 5.72 Å². The Morgan fingerprint density at radius 1 is 0.861 bits per heavy atom. The fourth-order valence-electron chi connectivity index (χ4n) is 10.5. The highest BCUT2D eigenvalue weighted by atomic mass is 16.5. The van der Waals surface area contributed by atoms with Crippen LogP contribution < -0.4 is 5.32 Å². The summed E-state index contributed by atoms with van der Waals surface area (Å²) >= 11 is 0. The van der Waals surface area contributed by atoms with E-state index in [1.807, 2.05) is 27.7 Å². The van der Waals surface area contributed by atoms with Crippen molar-refractivity contribution in [1.29, 1.82) is 0 Å². The summed E-state index contributed by atoms with van der Waals surface area (Å²) < 4.78 is 7.03. The number of hydrogen-bond acceptors (Lipinski definition) is 3. The zero-order valence-electron chi connectivity index (χ0n) is 24.9. The van der Waals surface area contributed by atoms with Gasteiger partial charge in [0.05, 0.1) is 6.10 Å². The molecule has 2 N–H and O–H groups in total. The molecule has 4 aliphatic carbocycles. The summed E-state index contributed by atoms with van der Waals surface area (Å²) in [5, 5.41) is 10.8. The highest BCUT2D eigenvalue weighted by Gasteiger charge is 2.68. The molecule has 2 heterocycles. The Morgan fingerprint density at radius 3 is 2.19 bits per heavy atom. The van der Waals surface area contributed by atoms with E-state index < -0.39 is 0 Å². The molecule has 6 aliphatic rings. The molecule has 6 rings (SSSR count). The standard InChI is InChI=1S/C27H45NO.2C2H6.CH2O2/c1-17-10-14-27(28-16-17)18(2)24-23(29-27)15-22-20-9-8-19-7-5-6-12-25(19,3)21(20)11-13-26(22,24)4;2*1-2;2-1-3/h17-24,28H,5-16H2,1-4H3;2*1-2H3;1H,(H,2,3)/t17-,18-,19?,20+,21?,22?,23-,24?,25-,26-,27-;;;/m0.../s1. The molecule has 2 aliphatic heterocycles. The summed E-state index contributed by atoms with van der Waals surface area (Å²) in [6.07, 6.45) is 16.5. The van der Waals surface area contributed by atoms with E-state index in [4.69, 9.17) is 14.6 Å². The lowest BCUT2D eigenvalue weighted by Gasteiger charge is -2.61. The first kappa shape index (κ1) is 29.9. The molecule has 4 unspecified atom stereocenters. The minimum atomic E-state index is -0.250. The molecule has 0 aromatic heterocycles. The van der Waals surface area contributed by atoms with Gasteiger partial charge in [0.15, 0.2) is 0 Å². The third kappa shape index (κ3) is 4.80. The number of rotatable bonds is 0. The first-order valence-electron chi connectivity index (χ1n) is 15.8. The van der Waals surface area contributed by atoms with Crippen molar-refractivity contribution in [2.75, 3.05) is 6.54 Å². The second kappa shape index (κ2) is 12.1. The van der Waals surface area contributed by atoms with Gasteiger partial charge in [-0.1, -0.05) is 68.2 Å². The zero-order valence-corrected chi connectivity index (χ0v) is 24.9. The van der Waals surface area contributed by atoms with Crippen molar-refractivity contribution < 1.29 is 14.6 Å². The van der Waals surface area contributed by atoms with Crippen molar-refractivity contribution in [3.8, 4) is 0 Å². The number of fused-ring (bicyclic) bond motifs is 7. The molecule has 210 valence electrons. The minimum absolute atomic E-state index is 0.000316. The lowest BCUT2D eigenvalue weighted by atomic mass is 9.44. The second-order valence-corrected chi connectivity index (χ2v) is 13.2. The van der Waals surface area contributed by atoms with Crippen LogP contribution in [0.2, 0.25) is 0 Å². The summed E-state index contributed by atoms with van der Waals surface area (Å²) in [6, 6.07) is 0. The number of ether oxygens (including phenoxy) is 1. The number of carbonyl (C=O) groups is 1. The lowest BCUT2D eigenvalue weighted by molar-refractivity contribution is -0.132. The van der Waals surface area contributed by atoms with Gasteiger partial charge in [-0.25, -0.2) is 0 Å². The van der Waals surface area contributed by atoms with Crippen LogP contribution in [0, 0.1) is 52.3 Å². The summed E-state index contributed by atoms with van der Waals surface area (Å²) in [7, 11) is 0. The third-order valence-electron chi connectivity index (χ3n) is 12.1. The fraction of sp³-hybridized carbons (Fsp3) is 0.969. The molecule has 0 amide bonds. The summed E-state index contributed by atoms with van der Waals surface area (Å²) in [4.78, 5) is 8.36. The molecule has 0 bridgehead atoms.